The maximum Gasteiger partial charge on any atom is 0.230 e. The van der Waals surface area contributed by atoms with Gasteiger partial charge < -0.3 is 14.6 Å². The minimum absolute atomic E-state index is 0.0256. The zero-order valence-electron chi connectivity index (χ0n) is 16.7. The van der Waals surface area contributed by atoms with E-state index in [1.54, 1.807) is 7.11 Å². The van der Waals surface area contributed by atoms with Crippen molar-refractivity contribution in [3.05, 3.63) is 35.7 Å². The van der Waals surface area contributed by atoms with Gasteiger partial charge in [-0.05, 0) is 49.3 Å². The van der Waals surface area contributed by atoms with E-state index in [-0.39, 0.29) is 11.9 Å². The van der Waals surface area contributed by atoms with Crippen LogP contribution in [0.1, 0.15) is 68.9 Å². The zero-order valence-corrected chi connectivity index (χ0v) is 17.5. The number of carbonyl (C=O) groups is 1. The molecule has 0 aliphatic heterocycles. The third kappa shape index (κ3) is 4.35. The molecule has 2 aliphatic rings. The molecular weight excluding hydrogens is 372 g/mol. The van der Waals surface area contributed by atoms with Gasteiger partial charge in [-0.3, -0.25) is 4.79 Å². The molecule has 0 saturated heterocycles. The Kier molecular flexibility index (Phi) is 5.62. The molecule has 0 bridgehead atoms. The molecule has 0 unspecified atom stereocenters. The number of methoxy groups -OCH3 is 1. The third-order valence-electron chi connectivity index (χ3n) is 5.34. The smallest absolute Gasteiger partial charge is 0.230 e. The predicted octanol–water partition coefficient (Wildman–Crippen LogP) is 4.10. The van der Waals surface area contributed by atoms with Crippen LogP contribution >= 0.6 is 11.8 Å². The summed E-state index contributed by atoms with van der Waals surface area (Å²) in [5.74, 6) is 3.20. The predicted molar refractivity (Wildman–Crippen MR) is 110 cm³/mol. The van der Waals surface area contributed by atoms with E-state index in [4.69, 9.17) is 4.74 Å². The maximum atomic E-state index is 12.7. The number of benzene rings is 1. The first-order chi connectivity index (χ1) is 13.6. The number of hydrogen-bond donors (Lipinski definition) is 1. The van der Waals surface area contributed by atoms with Crippen LogP contribution in [0.4, 0.5) is 0 Å². The molecule has 4 rings (SSSR count). The van der Waals surface area contributed by atoms with Crippen LogP contribution in [0, 0.1) is 5.92 Å². The van der Waals surface area contributed by atoms with Crippen LogP contribution in [0.5, 0.6) is 5.75 Å². The Morgan fingerprint density at radius 2 is 1.93 bits per heavy atom. The lowest BCUT2D eigenvalue weighted by Gasteiger charge is -2.23. The third-order valence-corrected chi connectivity index (χ3v) is 6.28. The average Bonchev–Trinajstić information content (AvgIpc) is 3.63. The number of carbonyl (C=O) groups excluding carboxylic acids is 1. The highest BCUT2D eigenvalue weighted by Gasteiger charge is 2.36. The number of nitrogens with one attached hydrogen (secondary N) is 1. The van der Waals surface area contributed by atoms with Gasteiger partial charge in [-0.2, -0.15) is 0 Å². The number of ether oxygens (including phenoxy) is 1. The SMILES string of the molecule is COc1ccc([C@H](NC(=O)CSc2nnc(C3CC3)n2C2CC2)C(C)C)cc1. The Balaban J connectivity index is 1.39. The highest BCUT2D eigenvalue weighted by Crippen LogP contribution is 2.46. The average molecular weight is 401 g/mol. The second-order valence-corrected chi connectivity index (χ2v) is 9.01. The van der Waals surface area contributed by atoms with E-state index in [0.29, 0.717) is 23.6 Å². The van der Waals surface area contributed by atoms with Gasteiger partial charge in [0.05, 0.1) is 18.9 Å². The Labute approximate surface area is 170 Å². The van der Waals surface area contributed by atoms with E-state index in [9.17, 15) is 4.79 Å². The van der Waals surface area contributed by atoms with Crippen LogP contribution in [0.25, 0.3) is 0 Å². The van der Waals surface area contributed by atoms with Crippen molar-refractivity contribution in [3.63, 3.8) is 0 Å². The highest BCUT2D eigenvalue weighted by atomic mass is 32.2. The number of rotatable bonds is 9. The molecule has 2 aromatic rings. The van der Waals surface area contributed by atoms with Crippen molar-refractivity contribution in [1.82, 2.24) is 20.1 Å². The van der Waals surface area contributed by atoms with Crippen molar-refractivity contribution in [2.75, 3.05) is 12.9 Å². The largest absolute Gasteiger partial charge is 0.497 e. The summed E-state index contributed by atoms with van der Waals surface area (Å²) < 4.78 is 7.52. The standard InChI is InChI=1S/C21H28N4O2S/c1-13(2)19(14-6-10-17(27-3)11-7-14)22-18(26)12-28-21-24-23-20(15-4-5-15)25(21)16-8-9-16/h6-7,10-11,13,15-16,19H,4-5,8-9,12H2,1-3H3,(H,22,26)/t19-/m1/s1. The molecule has 0 radical (unpaired) electrons. The van der Waals surface area contributed by atoms with Gasteiger partial charge in [0.15, 0.2) is 5.16 Å². The van der Waals surface area contributed by atoms with Crippen LogP contribution < -0.4 is 10.1 Å². The normalized spacial score (nSPS) is 17.6. The molecular formula is C21H28N4O2S. The van der Waals surface area contributed by atoms with Crippen LogP contribution in [0.15, 0.2) is 29.4 Å². The Hall–Kier alpha value is -2.02. The summed E-state index contributed by atoms with van der Waals surface area (Å²) in [7, 11) is 1.66. The minimum atomic E-state index is -0.0256. The Morgan fingerprint density at radius 3 is 2.50 bits per heavy atom. The number of nitrogens with zero attached hydrogens (tertiary/aromatic N) is 3. The van der Waals surface area contributed by atoms with E-state index < -0.39 is 0 Å². The van der Waals surface area contributed by atoms with Gasteiger partial charge in [-0.25, -0.2) is 0 Å². The van der Waals surface area contributed by atoms with Crippen LogP contribution in [0.2, 0.25) is 0 Å². The number of aromatic nitrogens is 3. The summed E-state index contributed by atoms with van der Waals surface area (Å²) in [5, 5.41) is 12.9. The van der Waals surface area contributed by atoms with Crippen LogP contribution in [-0.2, 0) is 4.79 Å². The van der Waals surface area contributed by atoms with Gasteiger partial charge in [0.2, 0.25) is 5.91 Å². The molecule has 2 fully saturated rings. The fourth-order valence-electron chi connectivity index (χ4n) is 3.47. The summed E-state index contributed by atoms with van der Waals surface area (Å²) in [6.45, 7) is 4.24. The Morgan fingerprint density at radius 1 is 1.21 bits per heavy atom. The number of hydrogen-bond acceptors (Lipinski definition) is 5. The molecule has 28 heavy (non-hydrogen) atoms. The van der Waals surface area contributed by atoms with Crippen molar-refractivity contribution in [1.29, 1.82) is 0 Å². The summed E-state index contributed by atoms with van der Waals surface area (Å²) >= 11 is 1.50. The molecule has 2 aliphatic carbocycles. The van der Waals surface area contributed by atoms with Crippen LogP contribution in [-0.4, -0.2) is 33.5 Å². The quantitative estimate of drug-likeness (QED) is 0.642. The van der Waals surface area contributed by atoms with E-state index in [1.807, 2.05) is 24.3 Å². The molecule has 1 aromatic heterocycles. The van der Waals surface area contributed by atoms with E-state index in [2.05, 4.69) is 33.9 Å². The molecule has 0 spiro atoms. The first kappa shape index (κ1) is 19.3. The highest BCUT2D eigenvalue weighted by molar-refractivity contribution is 7.99. The Bertz CT molecular complexity index is 825. The fraction of sp³-hybridized carbons (Fsp3) is 0.571. The summed E-state index contributed by atoms with van der Waals surface area (Å²) in [5.41, 5.74) is 1.09. The maximum absolute atomic E-state index is 12.7. The van der Waals surface area contributed by atoms with Gasteiger partial charge in [-0.1, -0.05) is 37.7 Å². The van der Waals surface area contributed by atoms with Gasteiger partial charge in [0.25, 0.3) is 0 Å². The van der Waals surface area contributed by atoms with Gasteiger partial charge in [-0.15, -0.1) is 10.2 Å². The van der Waals surface area contributed by atoms with E-state index >= 15 is 0 Å². The van der Waals surface area contributed by atoms with Crippen molar-refractivity contribution in [2.24, 2.45) is 5.92 Å². The van der Waals surface area contributed by atoms with E-state index in [1.165, 1.54) is 37.4 Å². The second-order valence-electron chi connectivity index (χ2n) is 8.07. The second kappa shape index (κ2) is 8.15. The molecule has 7 heteroatoms. The summed E-state index contributed by atoms with van der Waals surface area (Å²) in [4.78, 5) is 12.7. The van der Waals surface area contributed by atoms with Crippen molar-refractivity contribution >= 4 is 17.7 Å². The number of thioether (sulfide) groups is 1. The monoisotopic (exact) mass is 400 g/mol. The summed E-state index contributed by atoms with van der Waals surface area (Å²) in [6.07, 6.45) is 4.83. The summed E-state index contributed by atoms with van der Waals surface area (Å²) in [6, 6.07) is 8.42. The number of amides is 1. The molecule has 1 heterocycles. The minimum Gasteiger partial charge on any atom is -0.497 e. The van der Waals surface area contributed by atoms with Crippen molar-refractivity contribution in [3.8, 4) is 5.75 Å². The van der Waals surface area contributed by atoms with E-state index in [0.717, 1.165) is 22.3 Å². The lowest BCUT2D eigenvalue weighted by molar-refractivity contribution is -0.119. The lowest BCUT2D eigenvalue weighted by Crippen LogP contribution is -2.33. The zero-order chi connectivity index (χ0) is 19.7. The molecule has 1 atom stereocenters. The molecule has 1 aromatic carbocycles. The van der Waals surface area contributed by atoms with Crippen LogP contribution in [0.3, 0.4) is 0 Å². The molecule has 1 amide bonds. The topological polar surface area (TPSA) is 69.0 Å². The lowest BCUT2D eigenvalue weighted by atomic mass is 9.96. The van der Waals surface area contributed by atoms with Gasteiger partial charge >= 0.3 is 0 Å². The van der Waals surface area contributed by atoms with Crippen molar-refractivity contribution in [2.45, 2.75) is 62.7 Å². The molecule has 1 N–H and O–H groups in total. The first-order valence-corrected chi connectivity index (χ1v) is 11.1. The van der Waals surface area contributed by atoms with Gasteiger partial charge in [0, 0.05) is 12.0 Å². The first-order valence-electron chi connectivity index (χ1n) is 10.1. The molecule has 6 nitrogen and oxygen atoms in total. The molecule has 150 valence electrons. The van der Waals surface area contributed by atoms with Gasteiger partial charge in [0.1, 0.15) is 11.6 Å². The molecule has 2 saturated carbocycles. The fourth-order valence-corrected chi connectivity index (χ4v) is 4.30. The van der Waals surface area contributed by atoms with Crippen molar-refractivity contribution < 1.29 is 9.53 Å².